The maximum Gasteiger partial charge on any atom is 0.343 e. The molecule has 0 fully saturated rings. The van der Waals surface area contributed by atoms with E-state index in [1.807, 2.05) is 15.9 Å². The van der Waals surface area contributed by atoms with Crippen molar-refractivity contribution in [3.05, 3.63) is 0 Å². The van der Waals surface area contributed by atoms with E-state index < -0.39 is 8.07 Å². The maximum absolute atomic E-state index is 11.8. The van der Waals surface area contributed by atoms with Crippen LogP contribution in [-0.4, -0.2) is 8.07 Å². The van der Waals surface area contributed by atoms with Gasteiger partial charge in [0.25, 0.3) is 0 Å². The Morgan fingerprint density at radius 3 is 1.25 bits per heavy atom. The molecule has 0 unspecified atom stereocenters. The molecule has 0 aliphatic rings. The third-order valence-corrected chi connectivity index (χ3v) is 2.88. The number of hydrogen-bond acceptors (Lipinski definition) is 0. The van der Waals surface area contributed by atoms with Crippen LogP contribution in [0.3, 0.4) is 0 Å². The van der Waals surface area contributed by atoms with Crippen LogP contribution in [0, 0.1) is 0 Å². The zero-order valence-corrected chi connectivity index (χ0v) is 7.95. The van der Waals surface area contributed by atoms with Gasteiger partial charge in [0.1, 0.15) is 0 Å². The van der Waals surface area contributed by atoms with Gasteiger partial charge in [-0.2, -0.15) is 8.78 Å². The average Bonchev–Trinajstić information content (AvgIpc) is 1.25. The molecule has 50 valence electrons. The lowest BCUT2D eigenvalue weighted by atomic mass is 10.8. The summed E-state index contributed by atoms with van der Waals surface area (Å²) in [5.74, 6) is 0. The summed E-state index contributed by atoms with van der Waals surface area (Å²) in [5.41, 5.74) is 0. The summed E-state index contributed by atoms with van der Waals surface area (Å²) >= 11 is 14.1. The highest BCUT2D eigenvalue weighted by Gasteiger charge is 2.47. The fourth-order valence-electron chi connectivity index (χ4n) is 0. The van der Waals surface area contributed by atoms with Crippen molar-refractivity contribution in [2.75, 3.05) is 0 Å². The van der Waals surface area contributed by atoms with Gasteiger partial charge < -0.3 is 0 Å². The van der Waals surface area contributed by atoms with Gasteiger partial charge in [0.05, 0.1) is 0 Å². The fourth-order valence-corrected chi connectivity index (χ4v) is 0. The summed E-state index contributed by atoms with van der Waals surface area (Å²) in [5, 5.41) is 0. The molecule has 0 saturated heterocycles. The lowest BCUT2D eigenvalue weighted by molar-refractivity contribution is 0.124. The van der Waals surface area contributed by atoms with Gasteiger partial charge in [0.15, 0.2) is 0 Å². The highest BCUT2D eigenvalue weighted by Crippen LogP contribution is 2.47. The predicted octanol–water partition coefficient (Wildman–Crippen LogP) is 3.50. The molecule has 0 rings (SSSR count). The summed E-state index contributed by atoms with van der Waals surface area (Å²) in [4.78, 5) is -3.30. The molecule has 6 heteroatoms. The van der Waals surface area contributed by atoms with Crippen LogP contribution in [0.4, 0.5) is 8.78 Å². The third-order valence-electron chi connectivity index (χ3n) is 0.321. The van der Waals surface area contributed by atoms with Crippen molar-refractivity contribution in [1.82, 2.24) is 0 Å². The zero-order chi connectivity index (χ0) is 7.00. The van der Waals surface area contributed by atoms with Crippen LogP contribution < -0.4 is 0 Å². The number of hydrogen-bond donors (Lipinski definition) is 0. The lowest BCUT2D eigenvalue weighted by Gasteiger charge is -2.16. The molecule has 0 nitrogen and oxygen atoms in total. The van der Waals surface area contributed by atoms with Crippen molar-refractivity contribution in [1.29, 1.82) is 0 Å². The number of alkyl halides is 6. The zero-order valence-electron chi connectivity index (χ0n) is 3.27. The highest BCUT2D eigenvalue weighted by atomic mass is 79.9. The van der Waals surface area contributed by atoms with Crippen molar-refractivity contribution in [2.24, 2.45) is 0 Å². The van der Waals surface area contributed by atoms with Gasteiger partial charge in [0, 0.05) is 0 Å². The second-order valence-electron chi connectivity index (χ2n) is 0.996. The van der Waals surface area contributed by atoms with Crippen molar-refractivity contribution in [3.63, 3.8) is 0 Å². The van der Waals surface area contributed by atoms with Gasteiger partial charge in [0.2, 0.25) is 3.24 Å². The second-order valence-corrected chi connectivity index (χ2v) is 5.42. The fraction of sp³-hybridized carbons (Fsp3) is 1.00. The van der Waals surface area contributed by atoms with E-state index in [1.54, 1.807) is 0 Å². The standard InChI is InChI=1S/C2Br2Cl2F2/c3-1(5,6)2(4,7)8. The number of rotatable bonds is 1. The van der Waals surface area contributed by atoms with E-state index in [4.69, 9.17) is 23.2 Å². The Kier molecular flexibility index (Phi) is 3.01. The van der Waals surface area contributed by atoms with E-state index in [1.165, 1.54) is 0 Å². The Labute approximate surface area is 71.8 Å². The van der Waals surface area contributed by atoms with Crippen molar-refractivity contribution < 1.29 is 8.78 Å². The predicted molar refractivity (Wildman–Crippen MR) is 37.2 cm³/mol. The van der Waals surface area contributed by atoms with Crippen molar-refractivity contribution in [2.45, 2.75) is 8.07 Å². The molecule has 0 heterocycles. The van der Waals surface area contributed by atoms with Gasteiger partial charge in [-0.05, 0) is 31.9 Å². The molecule has 0 N–H and O–H groups in total. The van der Waals surface area contributed by atoms with E-state index in [0.717, 1.165) is 0 Å². The van der Waals surface area contributed by atoms with E-state index in [0.29, 0.717) is 0 Å². The second kappa shape index (κ2) is 2.56. The Morgan fingerprint density at radius 1 is 1.12 bits per heavy atom. The molecule has 0 aromatic heterocycles. The molecule has 0 aromatic rings. The minimum absolute atomic E-state index is 1.95. The molecular formula is C2Br2Cl2F2. The average molecular weight is 293 g/mol. The summed E-state index contributed by atoms with van der Waals surface area (Å²) < 4.78 is 21.4. The summed E-state index contributed by atoms with van der Waals surface area (Å²) in [6.07, 6.45) is 0. The number of halogens is 6. The molecular weight excluding hydrogens is 293 g/mol. The van der Waals surface area contributed by atoms with Gasteiger partial charge in [-0.15, -0.1) is 0 Å². The SMILES string of the molecule is FC(F)(Br)C(Cl)(Cl)Br. The monoisotopic (exact) mass is 290 g/mol. The molecule has 0 aliphatic heterocycles. The maximum atomic E-state index is 11.8. The Bertz CT molecular complexity index is 71.0. The van der Waals surface area contributed by atoms with Crippen LogP contribution in [0.1, 0.15) is 0 Å². The molecule has 8 heavy (non-hydrogen) atoms. The molecule has 0 bridgehead atoms. The van der Waals surface area contributed by atoms with E-state index in [9.17, 15) is 8.78 Å². The molecule has 0 radical (unpaired) electrons. The topological polar surface area (TPSA) is 0 Å². The summed E-state index contributed by atoms with van der Waals surface area (Å²) in [7, 11) is 0. The van der Waals surface area contributed by atoms with Crippen LogP contribution >= 0.6 is 55.1 Å². The van der Waals surface area contributed by atoms with Crippen LogP contribution in [0.2, 0.25) is 0 Å². The summed E-state index contributed by atoms with van der Waals surface area (Å²) in [6, 6.07) is 0. The molecule has 0 saturated carbocycles. The van der Waals surface area contributed by atoms with E-state index in [-0.39, 0.29) is 0 Å². The van der Waals surface area contributed by atoms with E-state index >= 15 is 0 Å². The van der Waals surface area contributed by atoms with Crippen LogP contribution in [0.5, 0.6) is 0 Å². The first-order valence-corrected chi connectivity index (χ1v) is 3.73. The van der Waals surface area contributed by atoms with Gasteiger partial charge in [-0.25, -0.2) is 0 Å². The Hall–Kier alpha value is 1.40. The molecule has 0 aliphatic carbocycles. The lowest BCUT2D eigenvalue weighted by Crippen LogP contribution is -2.24. The smallest absolute Gasteiger partial charge is 0.189 e. The minimum Gasteiger partial charge on any atom is -0.189 e. The van der Waals surface area contributed by atoms with Gasteiger partial charge in [-0.3, -0.25) is 0 Å². The molecule has 0 amide bonds. The molecule has 0 aromatic carbocycles. The van der Waals surface area contributed by atoms with Crippen molar-refractivity contribution in [3.8, 4) is 0 Å². The molecule has 0 atom stereocenters. The first-order chi connectivity index (χ1) is 3.25. The molecule has 0 spiro atoms. The summed E-state index contributed by atoms with van der Waals surface area (Å²) in [6.45, 7) is 0. The van der Waals surface area contributed by atoms with Gasteiger partial charge >= 0.3 is 4.83 Å². The first kappa shape index (κ1) is 9.40. The normalized spacial score (nSPS) is 14.2. The quantitative estimate of drug-likeness (QED) is 0.649. The Balaban J connectivity index is 4.02. The van der Waals surface area contributed by atoms with Crippen LogP contribution in [-0.2, 0) is 0 Å². The minimum atomic E-state index is -3.30. The highest BCUT2D eigenvalue weighted by molar-refractivity contribution is 9.13. The van der Waals surface area contributed by atoms with Gasteiger partial charge in [-0.1, -0.05) is 23.2 Å². The van der Waals surface area contributed by atoms with E-state index in [2.05, 4.69) is 15.9 Å². The Morgan fingerprint density at radius 2 is 1.25 bits per heavy atom. The largest absolute Gasteiger partial charge is 0.343 e. The first-order valence-electron chi connectivity index (χ1n) is 1.38. The van der Waals surface area contributed by atoms with Crippen molar-refractivity contribution >= 4 is 55.1 Å². The van der Waals surface area contributed by atoms with Crippen LogP contribution in [0.25, 0.3) is 0 Å². The van der Waals surface area contributed by atoms with Crippen LogP contribution in [0.15, 0.2) is 0 Å². The third kappa shape index (κ3) is 2.80.